The van der Waals surface area contributed by atoms with Gasteiger partial charge < -0.3 is 10.6 Å². The molecule has 18 heavy (non-hydrogen) atoms. The Hall–Kier alpha value is -1.40. The Morgan fingerprint density at radius 3 is 2.94 bits per heavy atom. The van der Waals surface area contributed by atoms with Gasteiger partial charge in [-0.1, -0.05) is 0 Å². The first-order valence-corrected chi connectivity index (χ1v) is 6.75. The third-order valence-electron chi connectivity index (χ3n) is 2.25. The lowest BCUT2D eigenvalue weighted by Gasteiger charge is -2.20. The second kappa shape index (κ2) is 5.07. The average Bonchev–Trinajstić information content (AvgIpc) is 2.74. The van der Waals surface area contributed by atoms with Crippen LogP contribution in [0.4, 0.5) is 0 Å². The lowest BCUT2D eigenvalue weighted by atomic mass is 10.1. The number of thiazole rings is 1. The molecule has 98 valence electrons. The third kappa shape index (κ3) is 3.54. The Labute approximate surface area is 110 Å². The Balaban J connectivity index is 1.78. The van der Waals surface area contributed by atoms with Crippen LogP contribution in [0.25, 0.3) is 4.96 Å². The molecule has 0 aromatic carbocycles. The first-order valence-electron chi connectivity index (χ1n) is 5.87. The van der Waals surface area contributed by atoms with E-state index in [1.165, 1.54) is 0 Å². The van der Waals surface area contributed by atoms with Gasteiger partial charge in [-0.05, 0) is 20.8 Å². The third-order valence-corrected chi connectivity index (χ3v) is 3.02. The molecular formula is C12H18N4OS. The van der Waals surface area contributed by atoms with Crippen molar-refractivity contribution < 1.29 is 4.79 Å². The topological polar surface area (TPSA) is 58.4 Å². The van der Waals surface area contributed by atoms with Crippen LogP contribution in [0, 0.1) is 0 Å². The standard InChI is InChI=1S/C12H18N4OS/c1-12(2,3)15-10(17)7-13-6-9-8-16-4-5-18-11(16)14-9/h4-5,8,13H,6-7H2,1-3H3,(H,15,17). The number of amides is 1. The number of rotatable bonds is 4. The van der Waals surface area contributed by atoms with Gasteiger partial charge in [0.15, 0.2) is 4.96 Å². The van der Waals surface area contributed by atoms with E-state index in [0.29, 0.717) is 13.1 Å². The largest absolute Gasteiger partial charge is 0.350 e. The average molecular weight is 266 g/mol. The number of nitrogens with one attached hydrogen (secondary N) is 2. The molecule has 0 aliphatic heterocycles. The Morgan fingerprint density at radius 2 is 2.28 bits per heavy atom. The summed E-state index contributed by atoms with van der Waals surface area (Å²) in [7, 11) is 0. The highest BCUT2D eigenvalue weighted by Crippen LogP contribution is 2.10. The first-order chi connectivity index (χ1) is 8.44. The molecule has 0 saturated carbocycles. The molecule has 0 saturated heterocycles. The molecule has 2 aromatic rings. The van der Waals surface area contributed by atoms with Crippen LogP contribution in [-0.4, -0.2) is 27.4 Å². The first kappa shape index (κ1) is 13.0. The lowest BCUT2D eigenvalue weighted by molar-refractivity contribution is -0.121. The zero-order valence-corrected chi connectivity index (χ0v) is 11.7. The number of nitrogens with zero attached hydrogens (tertiary/aromatic N) is 2. The maximum absolute atomic E-state index is 11.6. The molecule has 0 radical (unpaired) electrons. The molecule has 0 atom stereocenters. The summed E-state index contributed by atoms with van der Waals surface area (Å²) in [5.41, 5.74) is 0.765. The second-order valence-electron chi connectivity index (χ2n) is 5.23. The Bertz CT molecular complexity index is 509. The molecule has 0 aliphatic carbocycles. The molecule has 0 fully saturated rings. The number of aromatic nitrogens is 2. The summed E-state index contributed by atoms with van der Waals surface area (Å²) in [6.07, 6.45) is 3.95. The Morgan fingerprint density at radius 1 is 1.50 bits per heavy atom. The van der Waals surface area contributed by atoms with Crippen molar-refractivity contribution in [2.45, 2.75) is 32.9 Å². The van der Waals surface area contributed by atoms with Gasteiger partial charge in [0, 0.05) is 29.9 Å². The fourth-order valence-electron chi connectivity index (χ4n) is 1.63. The van der Waals surface area contributed by atoms with Gasteiger partial charge in [-0.3, -0.25) is 9.20 Å². The molecule has 6 heteroatoms. The maximum atomic E-state index is 11.6. The van der Waals surface area contributed by atoms with E-state index >= 15 is 0 Å². The SMILES string of the molecule is CC(C)(C)NC(=O)CNCc1cn2ccsc2n1. The van der Waals surface area contributed by atoms with Crippen molar-refractivity contribution in [3.8, 4) is 0 Å². The molecule has 0 spiro atoms. The van der Waals surface area contributed by atoms with Gasteiger partial charge in [0.25, 0.3) is 0 Å². The summed E-state index contributed by atoms with van der Waals surface area (Å²) in [6, 6.07) is 0. The van der Waals surface area contributed by atoms with Gasteiger partial charge in [0.2, 0.25) is 5.91 Å². The van der Waals surface area contributed by atoms with Crippen LogP contribution in [-0.2, 0) is 11.3 Å². The molecule has 2 aromatic heterocycles. The maximum Gasteiger partial charge on any atom is 0.234 e. The van der Waals surface area contributed by atoms with Crippen LogP contribution in [0.1, 0.15) is 26.5 Å². The molecule has 0 bridgehead atoms. The van der Waals surface area contributed by atoms with E-state index in [4.69, 9.17) is 0 Å². The summed E-state index contributed by atoms with van der Waals surface area (Å²) in [5.74, 6) is 0.00326. The van der Waals surface area contributed by atoms with Crippen LogP contribution in [0.5, 0.6) is 0 Å². The monoisotopic (exact) mass is 266 g/mol. The van der Waals surface area contributed by atoms with Crippen LogP contribution in [0.2, 0.25) is 0 Å². The van der Waals surface area contributed by atoms with Gasteiger partial charge in [-0.2, -0.15) is 0 Å². The minimum Gasteiger partial charge on any atom is -0.350 e. The molecule has 0 unspecified atom stereocenters. The number of fused-ring (bicyclic) bond motifs is 1. The van der Waals surface area contributed by atoms with Crippen molar-refractivity contribution in [2.24, 2.45) is 0 Å². The molecule has 2 N–H and O–H groups in total. The number of hydrogen-bond donors (Lipinski definition) is 2. The smallest absolute Gasteiger partial charge is 0.234 e. The minimum absolute atomic E-state index is 0.00326. The quantitative estimate of drug-likeness (QED) is 0.879. The second-order valence-corrected chi connectivity index (χ2v) is 6.10. The predicted molar refractivity (Wildman–Crippen MR) is 72.7 cm³/mol. The zero-order valence-electron chi connectivity index (χ0n) is 10.9. The minimum atomic E-state index is -0.185. The highest BCUT2D eigenvalue weighted by molar-refractivity contribution is 7.15. The predicted octanol–water partition coefficient (Wildman–Crippen LogP) is 1.40. The van der Waals surface area contributed by atoms with E-state index in [9.17, 15) is 4.79 Å². The fourth-order valence-corrected chi connectivity index (χ4v) is 2.35. The van der Waals surface area contributed by atoms with E-state index in [0.717, 1.165) is 10.7 Å². The summed E-state index contributed by atoms with van der Waals surface area (Å²) in [4.78, 5) is 17.0. The molecule has 5 nitrogen and oxygen atoms in total. The summed E-state index contributed by atoms with van der Waals surface area (Å²) in [6.45, 7) is 6.81. The number of hydrogen-bond acceptors (Lipinski definition) is 4. The molecule has 0 aliphatic rings. The van der Waals surface area contributed by atoms with Crippen molar-refractivity contribution in [1.82, 2.24) is 20.0 Å². The van der Waals surface area contributed by atoms with Gasteiger partial charge in [0.05, 0.1) is 12.2 Å². The molecule has 2 rings (SSSR count). The molecule has 1 amide bonds. The van der Waals surface area contributed by atoms with Crippen LogP contribution >= 0.6 is 11.3 Å². The van der Waals surface area contributed by atoms with E-state index in [1.807, 2.05) is 42.9 Å². The number of carbonyl (C=O) groups is 1. The zero-order chi connectivity index (χ0) is 13.2. The highest BCUT2D eigenvalue weighted by Gasteiger charge is 2.13. The van der Waals surface area contributed by atoms with Crippen LogP contribution in [0.15, 0.2) is 17.8 Å². The van der Waals surface area contributed by atoms with Crippen LogP contribution < -0.4 is 10.6 Å². The number of imidazole rings is 1. The Kier molecular flexibility index (Phi) is 3.68. The van der Waals surface area contributed by atoms with Gasteiger partial charge in [-0.25, -0.2) is 4.98 Å². The van der Waals surface area contributed by atoms with Crippen molar-refractivity contribution in [3.63, 3.8) is 0 Å². The van der Waals surface area contributed by atoms with E-state index in [2.05, 4.69) is 15.6 Å². The summed E-state index contributed by atoms with van der Waals surface area (Å²) >= 11 is 1.60. The number of carbonyl (C=O) groups excluding carboxylic acids is 1. The lowest BCUT2D eigenvalue weighted by Crippen LogP contribution is -2.44. The van der Waals surface area contributed by atoms with Gasteiger partial charge in [-0.15, -0.1) is 11.3 Å². The van der Waals surface area contributed by atoms with Gasteiger partial charge in [0.1, 0.15) is 0 Å². The van der Waals surface area contributed by atoms with E-state index in [-0.39, 0.29) is 11.4 Å². The normalized spacial score (nSPS) is 11.9. The van der Waals surface area contributed by atoms with Gasteiger partial charge >= 0.3 is 0 Å². The van der Waals surface area contributed by atoms with E-state index in [1.54, 1.807) is 11.3 Å². The van der Waals surface area contributed by atoms with Crippen molar-refractivity contribution >= 4 is 22.2 Å². The van der Waals surface area contributed by atoms with Crippen molar-refractivity contribution in [2.75, 3.05) is 6.54 Å². The molecule has 2 heterocycles. The van der Waals surface area contributed by atoms with Crippen molar-refractivity contribution in [3.05, 3.63) is 23.5 Å². The summed E-state index contributed by atoms with van der Waals surface area (Å²) in [5, 5.41) is 7.99. The van der Waals surface area contributed by atoms with E-state index < -0.39 is 0 Å². The van der Waals surface area contributed by atoms with Crippen molar-refractivity contribution in [1.29, 1.82) is 0 Å². The molecular weight excluding hydrogens is 248 g/mol. The fraction of sp³-hybridized carbons (Fsp3) is 0.500. The van der Waals surface area contributed by atoms with Crippen LogP contribution in [0.3, 0.4) is 0 Å². The highest BCUT2D eigenvalue weighted by atomic mass is 32.1. The summed E-state index contributed by atoms with van der Waals surface area (Å²) < 4.78 is 1.98.